The molecule has 0 amide bonds. The summed E-state index contributed by atoms with van der Waals surface area (Å²) in [5.74, 6) is 0.726. The molecule has 0 saturated carbocycles. The average molecular weight is 487 g/mol. The number of hydrogen-bond acceptors (Lipinski definition) is 2. The average Bonchev–Trinajstić information content (AvgIpc) is 3.57. The Morgan fingerprint density at radius 3 is 2.32 bits per heavy atom. The van der Waals surface area contributed by atoms with Crippen LogP contribution in [0.5, 0.6) is 0 Å². The van der Waals surface area contributed by atoms with E-state index in [1.54, 1.807) is 0 Å². The Balaban J connectivity index is 1.44. The van der Waals surface area contributed by atoms with Crippen LogP contribution in [0.25, 0.3) is 66.4 Å². The van der Waals surface area contributed by atoms with Gasteiger partial charge >= 0.3 is 0 Å². The van der Waals surface area contributed by atoms with E-state index in [-0.39, 0.29) is 0 Å². The summed E-state index contributed by atoms with van der Waals surface area (Å²) in [6.07, 6.45) is 4.07. The second-order valence-corrected chi connectivity index (χ2v) is 9.58. The van der Waals surface area contributed by atoms with E-state index in [0.717, 1.165) is 33.7 Å². The fourth-order valence-corrected chi connectivity index (χ4v) is 5.64. The summed E-state index contributed by atoms with van der Waals surface area (Å²) >= 11 is 0. The quantitative estimate of drug-likeness (QED) is 0.252. The molecule has 4 heteroatoms. The molecule has 3 heterocycles. The van der Waals surface area contributed by atoms with Gasteiger partial charge in [0.1, 0.15) is 0 Å². The first-order chi connectivity index (χ1) is 18.8. The van der Waals surface area contributed by atoms with Crippen molar-refractivity contribution in [2.45, 2.75) is 0 Å². The molecule has 4 nitrogen and oxygen atoms in total. The lowest BCUT2D eigenvalue weighted by molar-refractivity contribution is 1.11. The summed E-state index contributed by atoms with van der Waals surface area (Å²) < 4.78 is 4.68. The van der Waals surface area contributed by atoms with Gasteiger partial charge in [-0.1, -0.05) is 78.9 Å². The van der Waals surface area contributed by atoms with E-state index in [9.17, 15) is 0 Å². The molecule has 0 saturated heterocycles. The van der Waals surface area contributed by atoms with Gasteiger partial charge in [-0.25, -0.2) is 9.97 Å². The van der Waals surface area contributed by atoms with Gasteiger partial charge in [0.05, 0.1) is 22.1 Å². The van der Waals surface area contributed by atoms with Gasteiger partial charge in [0.25, 0.3) is 0 Å². The van der Waals surface area contributed by atoms with E-state index < -0.39 is 0 Å². The monoisotopic (exact) mass is 486 g/mol. The van der Waals surface area contributed by atoms with Gasteiger partial charge in [0, 0.05) is 50.9 Å². The minimum atomic E-state index is 0.726. The van der Waals surface area contributed by atoms with Crippen molar-refractivity contribution in [1.82, 2.24) is 19.1 Å². The van der Waals surface area contributed by atoms with E-state index in [2.05, 4.69) is 112 Å². The van der Waals surface area contributed by atoms with Crippen LogP contribution in [0.15, 0.2) is 134 Å². The lowest BCUT2D eigenvalue weighted by Gasteiger charge is -2.13. The second kappa shape index (κ2) is 8.15. The van der Waals surface area contributed by atoms with Crippen molar-refractivity contribution in [3.8, 4) is 22.8 Å². The number of hydrogen-bond donors (Lipinski definition) is 0. The van der Waals surface area contributed by atoms with Crippen molar-refractivity contribution in [2.24, 2.45) is 0 Å². The van der Waals surface area contributed by atoms with Crippen LogP contribution >= 0.6 is 0 Å². The van der Waals surface area contributed by atoms with E-state index in [0.29, 0.717) is 0 Å². The topological polar surface area (TPSA) is 35.6 Å². The van der Waals surface area contributed by atoms with Crippen LogP contribution in [0.4, 0.5) is 0 Å². The van der Waals surface area contributed by atoms with Gasteiger partial charge in [-0.3, -0.25) is 0 Å². The van der Waals surface area contributed by atoms with Crippen molar-refractivity contribution in [2.75, 3.05) is 0 Å². The maximum absolute atomic E-state index is 4.86. The molecule has 0 aliphatic heterocycles. The Kier molecular flexibility index (Phi) is 4.49. The smallest absolute Gasteiger partial charge is 0.159 e. The predicted molar refractivity (Wildman–Crippen MR) is 156 cm³/mol. The van der Waals surface area contributed by atoms with Crippen LogP contribution in [0.1, 0.15) is 0 Å². The zero-order valence-electron chi connectivity index (χ0n) is 20.5. The van der Waals surface area contributed by atoms with Crippen molar-refractivity contribution < 1.29 is 0 Å². The van der Waals surface area contributed by atoms with Gasteiger partial charge in [0.15, 0.2) is 5.82 Å². The van der Waals surface area contributed by atoms with Gasteiger partial charge in [-0.05, 0) is 42.5 Å². The standard InChI is InChI=1S/C34H22N4/c1-2-11-26(12-3-1)37-20-19-23-17-18-29-28-14-5-7-16-31(28)38(33(29)32(23)37)27-13-8-10-24(21-27)34-35-22-25-9-4-6-15-30(25)36-34/h1-22H. The minimum Gasteiger partial charge on any atom is -0.315 e. The van der Waals surface area contributed by atoms with E-state index in [4.69, 9.17) is 9.97 Å². The lowest BCUT2D eigenvalue weighted by Crippen LogP contribution is -1.98. The maximum Gasteiger partial charge on any atom is 0.159 e. The number of fused-ring (bicyclic) bond motifs is 6. The first-order valence-electron chi connectivity index (χ1n) is 12.8. The zero-order chi connectivity index (χ0) is 25.1. The van der Waals surface area contributed by atoms with E-state index >= 15 is 0 Å². The molecule has 3 aromatic heterocycles. The molecule has 0 N–H and O–H groups in total. The molecule has 0 aliphatic carbocycles. The Hall–Kier alpha value is -5.22. The molecule has 0 unspecified atom stereocenters. The van der Waals surface area contributed by atoms with Crippen LogP contribution in [0.2, 0.25) is 0 Å². The highest BCUT2D eigenvalue weighted by molar-refractivity contribution is 6.18. The molecule has 0 fully saturated rings. The molecular weight excluding hydrogens is 464 g/mol. The molecule has 0 atom stereocenters. The minimum absolute atomic E-state index is 0.726. The highest BCUT2D eigenvalue weighted by Crippen LogP contribution is 2.38. The fourth-order valence-electron chi connectivity index (χ4n) is 5.64. The Morgan fingerprint density at radius 2 is 1.37 bits per heavy atom. The molecule has 0 bridgehead atoms. The SMILES string of the molecule is c1ccc(-n2ccc3ccc4c5ccccc5n(-c5cccc(-c6ncc7ccccc7n6)c5)c4c32)cc1. The lowest BCUT2D eigenvalue weighted by atomic mass is 10.1. The maximum atomic E-state index is 4.86. The summed E-state index contributed by atoms with van der Waals surface area (Å²) in [6, 6.07) is 42.5. The normalized spacial score (nSPS) is 11.7. The second-order valence-electron chi connectivity index (χ2n) is 9.58. The summed E-state index contributed by atoms with van der Waals surface area (Å²) in [5, 5.41) is 4.72. The first-order valence-corrected chi connectivity index (χ1v) is 12.8. The van der Waals surface area contributed by atoms with Crippen molar-refractivity contribution in [3.05, 3.63) is 134 Å². The fraction of sp³-hybridized carbons (Fsp3) is 0. The number of nitrogens with zero attached hydrogens (tertiary/aromatic N) is 4. The number of benzene rings is 5. The summed E-state index contributed by atoms with van der Waals surface area (Å²) in [5.41, 5.74) is 7.72. The molecule has 5 aromatic carbocycles. The van der Waals surface area contributed by atoms with Crippen LogP contribution < -0.4 is 0 Å². The summed E-state index contributed by atoms with van der Waals surface area (Å²) in [4.78, 5) is 9.56. The number of para-hydroxylation sites is 3. The predicted octanol–water partition coefficient (Wildman–Crippen LogP) is 8.34. The molecule has 0 spiro atoms. The highest BCUT2D eigenvalue weighted by Gasteiger charge is 2.18. The van der Waals surface area contributed by atoms with Crippen molar-refractivity contribution in [1.29, 1.82) is 0 Å². The van der Waals surface area contributed by atoms with Crippen LogP contribution in [-0.4, -0.2) is 19.1 Å². The molecular formula is C34H22N4. The molecule has 8 rings (SSSR count). The number of aromatic nitrogens is 4. The molecule has 178 valence electrons. The van der Waals surface area contributed by atoms with Crippen molar-refractivity contribution >= 4 is 43.6 Å². The highest BCUT2D eigenvalue weighted by atomic mass is 15.0. The van der Waals surface area contributed by atoms with Crippen LogP contribution in [0, 0.1) is 0 Å². The van der Waals surface area contributed by atoms with E-state index in [1.165, 1.54) is 32.7 Å². The first kappa shape index (κ1) is 20.9. The summed E-state index contributed by atoms with van der Waals surface area (Å²) in [6.45, 7) is 0. The third-order valence-corrected chi connectivity index (χ3v) is 7.37. The third kappa shape index (κ3) is 3.10. The largest absolute Gasteiger partial charge is 0.315 e. The van der Waals surface area contributed by atoms with Gasteiger partial charge in [0.2, 0.25) is 0 Å². The third-order valence-electron chi connectivity index (χ3n) is 7.37. The Labute approximate surface area is 219 Å². The van der Waals surface area contributed by atoms with Gasteiger partial charge in [-0.2, -0.15) is 0 Å². The van der Waals surface area contributed by atoms with E-state index in [1.807, 2.05) is 30.5 Å². The van der Waals surface area contributed by atoms with Gasteiger partial charge in [-0.15, -0.1) is 0 Å². The van der Waals surface area contributed by atoms with Crippen LogP contribution in [0.3, 0.4) is 0 Å². The summed E-state index contributed by atoms with van der Waals surface area (Å²) in [7, 11) is 0. The Morgan fingerprint density at radius 1 is 0.553 bits per heavy atom. The Bertz CT molecular complexity index is 2130. The van der Waals surface area contributed by atoms with Crippen molar-refractivity contribution in [3.63, 3.8) is 0 Å². The zero-order valence-corrected chi connectivity index (χ0v) is 20.5. The molecule has 0 radical (unpaired) electrons. The van der Waals surface area contributed by atoms with Crippen LogP contribution in [-0.2, 0) is 0 Å². The molecule has 8 aromatic rings. The number of rotatable bonds is 3. The molecule has 0 aliphatic rings. The molecule has 38 heavy (non-hydrogen) atoms. The van der Waals surface area contributed by atoms with Gasteiger partial charge < -0.3 is 9.13 Å².